The van der Waals surface area contributed by atoms with Crippen molar-refractivity contribution in [2.45, 2.75) is 26.2 Å². The zero-order valence-electron chi connectivity index (χ0n) is 11.2. The number of carbonyl (C=O) groups is 1. The van der Waals surface area contributed by atoms with Gasteiger partial charge in [0.25, 0.3) is 0 Å². The summed E-state index contributed by atoms with van der Waals surface area (Å²) < 4.78 is 0. The Morgan fingerprint density at radius 3 is 3.11 bits per heavy atom. The van der Waals surface area contributed by atoms with E-state index >= 15 is 0 Å². The van der Waals surface area contributed by atoms with Crippen LogP contribution in [0.5, 0.6) is 0 Å². The van der Waals surface area contributed by atoms with Gasteiger partial charge in [0, 0.05) is 12.1 Å². The SMILES string of the molecule is Cc1ccc(C#N)cc1NC(=O)CC1CCCNC1. The number of hydrogen-bond acceptors (Lipinski definition) is 3. The molecule has 100 valence electrons. The third-order valence-electron chi connectivity index (χ3n) is 3.51. The minimum atomic E-state index is 0.0342. The predicted octanol–water partition coefficient (Wildman–Crippen LogP) is 2.19. The fraction of sp³-hybridized carbons (Fsp3) is 0.467. The van der Waals surface area contributed by atoms with E-state index in [0.29, 0.717) is 17.9 Å². The topological polar surface area (TPSA) is 64.9 Å². The Morgan fingerprint density at radius 1 is 1.58 bits per heavy atom. The van der Waals surface area contributed by atoms with Crippen LogP contribution in [0.3, 0.4) is 0 Å². The number of piperidine rings is 1. The van der Waals surface area contributed by atoms with E-state index in [2.05, 4.69) is 16.7 Å². The summed E-state index contributed by atoms with van der Waals surface area (Å²) in [6.45, 7) is 3.91. The normalized spacial score (nSPS) is 18.6. The van der Waals surface area contributed by atoms with Gasteiger partial charge in [-0.3, -0.25) is 4.79 Å². The van der Waals surface area contributed by atoms with Crippen LogP contribution < -0.4 is 10.6 Å². The standard InChI is InChI=1S/C15H19N3O/c1-11-4-5-12(9-16)7-14(11)18-15(19)8-13-3-2-6-17-10-13/h4-5,7,13,17H,2-3,6,8,10H2,1H3,(H,18,19). The van der Waals surface area contributed by atoms with Crippen molar-refractivity contribution in [3.63, 3.8) is 0 Å². The Bertz CT molecular complexity index is 499. The highest BCUT2D eigenvalue weighted by molar-refractivity contribution is 5.91. The van der Waals surface area contributed by atoms with Crippen molar-refractivity contribution in [1.82, 2.24) is 5.32 Å². The molecule has 0 aromatic heterocycles. The lowest BCUT2D eigenvalue weighted by molar-refractivity contribution is -0.117. The number of carbonyl (C=O) groups excluding carboxylic acids is 1. The van der Waals surface area contributed by atoms with E-state index in [9.17, 15) is 4.79 Å². The van der Waals surface area contributed by atoms with Gasteiger partial charge >= 0.3 is 0 Å². The van der Waals surface area contributed by atoms with E-state index in [1.807, 2.05) is 13.0 Å². The molecule has 1 atom stereocenters. The first-order valence-electron chi connectivity index (χ1n) is 6.70. The van der Waals surface area contributed by atoms with Crippen LogP contribution in [0.4, 0.5) is 5.69 Å². The van der Waals surface area contributed by atoms with Gasteiger partial charge in [-0.25, -0.2) is 0 Å². The summed E-state index contributed by atoms with van der Waals surface area (Å²) in [5.74, 6) is 0.458. The third kappa shape index (κ3) is 3.80. The number of aryl methyl sites for hydroxylation is 1. The molecule has 1 amide bonds. The lowest BCUT2D eigenvalue weighted by Gasteiger charge is -2.22. The van der Waals surface area contributed by atoms with Crippen molar-refractivity contribution in [3.05, 3.63) is 29.3 Å². The van der Waals surface area contributed by atoms with Gasteiger partial charge in [-0.2, -0.15) is 5.26 Å². The van der Waals surface area contributed by atoms with Gasteiger partial charge in [0.1, 0.15) is 0 Å². The molecule has 19 heavy (non-hydrogen) atoms. The first kappa shape index (κ1) is 13.6. The zero-order valence-corrected chi connectivity index (χ0v) is 11.2. The first-order valence-corrected chi connectivity index (χ1v) is 6.70. The van der Waals surface area contributed by atoms with Crippen molar-refractivity contribution in [2.24, 2.45) is 5.92 Å². The van der Waals surface area contributed by atoms with E-state index in [1.165, 1.54) is 0 Å². The summed E-state index contributed by atoms with van der Waals surface area (Å²) in [5, 5.41) is 15.1. The van der Waals surface area contributed by atoms with Crippen LogP contribution in [0.1, 0.15) is 30.4 Å². The second-order valence-electron chi connectivity index (χ2n) is 5.11. The molecule has 0 radical (unpaired) electrons. The lowest BCUT2D eigenvalue weighted by Crippen LogP contribution is -2.32. The maximum Gasteiger partial charge on any atom is 0.224 e. The monoisotopic (exact) mass is 257 g/mol. The van der Waals surface area contributed by atoms with Crippen LogP contribution >= 0.6 is 0 Å². The summed E-state index contributed by atoms with van der Waals surface area (Å²) in [7, 11) is 0. The number of anilines is 1. The highest BCUT2D eigenvalue weighted by Crippen LogP contribution is 2.19. The Balaban J connectivity index is 1.96. The molecule has 1 aliphatic rings. The molecule has 0 spiro atoms. The molecular formula is C15H19N3O. The molecule has 2 N–H and O–H groups in total. The van der Waals surface area contributed by atoms with Crippen LogP contribution in [0.15, 0.2) is 18.2 Å². The van der Waals surface area contributed by atoms with Crippen molar-refractivity contribution < 1.29 is 4.79 Å². The van der Waals surface area contributed by atoms with Crippen LogP contribution in [0, 0.1) is 24.2 Å². The Hall–Kier alpha value is -1.86. The number of nitriles is 1. The second-order valence-corrected chi connectivity index (χ2v) is 5.11. The summed E-state index contributed by atoms with van der Waals surface area (Å²) in [6.07, 6.45) is 2.79. The highest BCUT2D eigenvalue weighted by atomic mass is 16.1. The van der Waals surface area contributed by atoms with Crippen LogP contribution in [-0.4, -0.2) is 19.0 Å². The number of nitrogens with one attached hydrogen (secondary N) is 2. The average molecular weight is 257 g/mol. The number of rotatable bonds is 3. The van der Waals surface area contributed by atoms with Gasteiger partial charge in [0.15, 0.2) is 0 Å². The Morgan fingerprint density at radius 2 is 2.42 bits per heavy atom. The zero-order chi connectivity index (χ0) is 13.7. The molecule has 0 aliphatic carbocycles. The molecule has 1 unspecified atom stereocenters. The van der Waals surface area contributed by atoms with Gasteiger partial charge in [0.05, 0.1) is 11.6 Å². The highest BCUT2D eigenvalue weighted by Gasteiger charge is 2.17. The van der Waals surface area contributed by atoms with Gasteiger partial charge in [-0.1, -0.05) is 6.07 Å². The second kappa shape index (κ2) is 6.35. The molecule has 1 aromatic rings. The van der Waals surface area contributed by atoms with Crippen molar-refractivity contribution >= 4 is 11.6 Å². The molecule has 0 saturated carbocycles. The maximum absolute atomic E-state index is 12.0. The Kier molecular flexibility index (Phi) is 4.53. The van der Waals surface area contributed by atoms with Gasteiger partial charge in [0.2, 0.25) is 5.91 Å². The summed E-state index contributed by atoms with van der Waals surface area (Å²) in [4.78, 5) is 12.0. The molecule has 4 nitrogen and oxygen atoms in total. The van der Waals surface area contributed by atoms with Crippen molar-refractivity contribution in [3.8, 4) is 6.07 Å². The number of hydrogen-bond donors (Lipinski definition) is 2. The number of nitrogens with zero attached hydrogens (tertiary/aromatic N) is 1. The fourth-order valence-electron chi connectivity index (χ4n) is 2.39. The molecule has 2 rings (SSSR count). The summed E-state index contributed by atoms with van der Waals surface area (Å²) >= 11 is 0. The van der Waals surface area contributed by atoms with Gasteiger partial charge in [-0.15, -0.1) is 0 Å². The molecule has 1 aromatic carbocycles. The number of amides is 1. The molecule has 1 saturated heterocycles. The van der Waals surface area contributed by atoms with Crippen molar-refractivity contribution in [2.75, 3.05) is 18.4 Å². The molecule has 1 fully saturated rings. The minimum absolute atomic E-state index is 0.0342. The average Bonchev–Trinajstić information content (AvgIpc) is 2.42. The van der Waals surface area contributed by atoms with Crippen LogP contribution in [0.2, 0.25) is 0 Å². The first-order chi connectivity index (χ1) is 9.19. The number of benzene rings is 1. The fourth-order valence-corrected chi connectivity index (χ4v) is 2.39. The quantitative estimate of drug-likeness (QED) is 0.872. The van der Waals surface area contributed by atoms with E-state index < -0.39 is 0 Å². The smallest absolute Gasteiger partial charge is 0.224 e. The largest absolute Gasteiger partial charge is 0.326 e. The molecule has 0 bridgehead atoms. The van der Waals surface area contributed by atoms with Crippen LogP contribution in [0.25, 0.3) is 0 Å². The van der Waals surface area contributed by atoms with Gasteiger partial charge in [-0.05, 0) is 56.5 Å². The summed E-state index contributed by atoms with van der Waals surface area (Å²) in [5.41, 5.74) is 2.29. The predicted molar refractivity (Wildman–Crippen MR) is 74.7 cm³/mol. The lowest BCUT2D eigenvalue weighted by atomic mass is 9.96. The van der Waals surface area contributed by atoms with Crippen LogP contribution in [-0.2, 0) is 4.79 Å². The maximum atomic E-state index is 12.0. The molecular weight excluding hydrogens is 238 g/mol. The molecule has 4 heteroatoms. The molecule has 1 aliphatic heterocycles. The third-order valence-corrected chi connectivity index (χ3v) is 3.51. The van der Waals surface area contributed by atoms with Crippen molar-refractivity contribution in [1.29, 1.82) is 5.26 Å². The molecule has 1 heterocycles. The van der Waals surface area contributed by atoms with Gasteiger partial charge < -0.3 is 10.6 Å². The summed E-state index contributed by atoms with van der Waals surface area (Å²) in [6, 6.07) is 7.43. The van der Waals surface area contributed by atoms with E-state index in [-0.39, 0.29) is 5.91 Å². The minimum Gasteiger partial charge on any atom is -0.326 e. The van der Waals surface area contributed by atoms with E-state index in [1.54, 1.807) is 12.1 Å². The van der Waals surface area contributed by atoms with E-state index in [4.69, 9.17) is 5.26 Å². The van der Waals surface area contributed by atoms with E-state index in [0.717, 1.165) is 37.2 Å². The Labute approximate surface area is 113 Å².